The molecule has 1 aliphatic rings. The van der Waals surface area contributed by atoms with E-state index in [-0.39, 0.29) is 17.1 Å². The van der Waals surface area contributed by atoms with E-state index in [1.807, 2.05) is 36.4 Å². The minimum atomic E-state index is 0. The van der Waals surface area contributed by atoms with Crippen LogP contribution in [0.1, 0.15) is 6.42 Å². The van der Waals surface area contributed by atoms with Gasteiger partial charge in [-0.25, -0.2) is 30.7 Å². The van der Waals surface area contributed by atoms with Gasteiger partial charge in [-0.3, -0.25) is 0 Å². The van der Waals surface area contributed by atoms with Crippen LogP contribution in [-0.2, 0) is 17.1 Å². The fourth-order valence-corrected chi connectivity index (χ4v) is 0.778. The van der Waals surface area contributed by atoms with Gasteiger partial charge in [-0.1, -0.05) is 6.42 Å². The van der Waals surface area contributed by atoms with Gasteiger partial charge in [-0.15, -0.1) is 12.2 Å². The molecule has 1 aromatic carbocycles. The summed E-state index contributed by atoms with van der Waals surface area (Å²) in [6, 6.07) is 10.0. The summed E-state index contributed by atoms with van der Waals surface area (Å²) < 4.78 is 0. The molecular weight excluding hydrogens is 188 g/mol. The Bertz CT molecular complexity index is 178. The average molecular weight is 200 g/mol. The van der Waals surface area contributed by atoms with Gasteiger partial charge in [0.1, 0.15) is 0 Å². The molecule has 1 heteroatoms. The number of rotatable bonds is 0. The Hall–Kier alpha value is -0.781. The molecule has 2 rings (SSSR count). The van der Waals surface area contributed by atoms with Crippen LogP contribution in [0.5, 0.6) is 0 Å². The minimum Gasteiger partial charge on any atom is -0.228 e. The Balaban J connectivity index is 0.000000189. The van der Waals surface area contributed by atoms with Gasteiger partial charge in [0.25, 0.3) is 0 Å². The maximum absolute atomic E-state index is 2.12. The van der Waals surface area contributed by atoms with Crippen molar-refractivity contribution >= 4 is 0 Å². The zero-order valence-corrected chi connectivity index (χ0v) is 7.94. The van der Waals surface area contributed by atoms with E-state index in [2.05, 4.69) is 24.6 Å². The second-order valence-corrected chi connectivity index (χ2v) is 2.25. The van der Waals surface area contributed by atoms with Crippen LogP contribution in [0, 0.1) is 6.42 Å². The summed E-state index contributed by atoms with van der Waals surface area (Å²) in [4.78, 5) is 0. The van der Waals surface area contributed by atoms with E-state index in [0.717, 1.165) is 6.42 Å². The van der Waals surface area contributed by atoms with Crippen molar-refractivity contribution in [3.05, 3.63) is 61.1 Å². The maximum atomic E-state index is 2.12. The molecule has 1 aliphatic carbocycles. The van der Waals surface area contributed by atoms with Gasteiger partial charge in [-0.2, -0.15) is 18.2 Å². The largest absolute Gasteiger partial charge is 2.00 e. The molecule has 0 atom stereocenters. The third kappa shape index (κ3) is 5.96. The first kappa shape index (κ1) is 11.2. The quantitative estimate of drug-likeness (QED) is 0.445. The molecular formula is C11H12Fe. The summed E-state index contributed by atoms with van der Waals surface area (Å²) in [5.41, 5.74) is 0. The Labute approximate surface area is 84.8 Å². The number of hydrogen-bond acceptors (Lipinski definition) is 0. The minimum absolute atomic E-state index is 0. The Morgan fingerprint density at radius 1 is 1.00 bits per heavy atom. The van der Waals surface area contributed by atoms with E-state index < -0.39 is 0 Å². The molecule has 0 aliphatic heterocycles. The molecule has 12 heavy (non-hydrogen) atoms. The van der Waals surface area contributed by atoms with Crippen LogP contribution in [-0.4, -0.2) is 0 Å². The van der Waals surface area contributed by atoms with Gasteiger partial charge in [0.2, 0.25) is 0 Å². The molecule has 0 heterocycles. The van der Waals surface area contributed by atoms with E-state index in [1.54, 1.807) is 0 Å². The number of allylic oxidation sites excluding steroid dienone is 4. The summed E-state index contributed by atoms with van der Waals surface area (Å²) in [7, 11) is 0. The monoisotopic (exact) mass is 200 g/mol. The second-order valence-electron chi connectivity index (χ2n) is 2.25. The Kier molecular flexibility index (Phi) is 7.78. The van der Waals surface area contributed by atoms with Gasteiger partial charge >= 0.3 is 17.1 Å². The molecule has 0 fully saturated rings. The molecule has 0 aromatic heterocycles. The normalized spacial score (nSPS) is 12.0. The predicted octanol–water partition coefficient (Wildman–Crippen LogP) is 3.11. The standard InChI is InChI=1S/C6H7.C5H5.Fe/c1-2-4-6-5-3-1;1-2-4-5-3-1;/h1-5H,6H2;1-5H;/q2*-1;+2. The third-order valence-corrected chi connectivity index (χ3v) is 1.32. The fourth-order valence-electron chi connectivity index (χ4n) is 0.778. The van der Waals surface area contributed by atoms with Gasteiger partial charge in [0.15, 0.2) is 0 Å². The van der Waals surface area contributed by atoms with Crippen molar-refractivity contribution in [2.24, 2.45) is 0 Å². The Morgan fingerprint density at radius 2 is 1.75 bits per heavy atom. The summed E-state index contributed by atoms with van der Waals surface area (Å²) in [6.07, 6.45) is 11.5. The van der Waals surface area contributed by atoms with Gasteiger partial charge in [0, 0.05) is 0 Å². The van der Waals surface area contributed by atoms with E-state index in [0.29, 0.717) is 0 Å². The van der Waals surface area contributed by atoms with E-state index >= 15 is 0 Å². The van der Waals surface area contributed by atoms with Crippen molar-refractivity contribution in [1.82, 2.24) is 0 Å². The Morgan fingerprint density at radius 3 is 1.92 bits per heavy atom. The molecule has 1 aromatic rings. The second kappa shape index (κ2) is 8.32. The van der Waals surface area contributed by atoms with E-state index in [4.69, 9.17) is 0 Å². The first-order valence-electron chi connectivity index (χ1n) is 3.82. The van der Waals surface area contributed by atoms with Crippen molar-refractivity contribution in [3.8, 4) is 0 Å². The van der Waals surface area contributed by atoms with Gasteiger partial charge in [0.05, 0.1) is 0 Å². The van der Waals surface area contributed by atoms with Crippen molar-refractivity contribution in [2.45, 2.75) is 6.42 Å². The zero-order chi connectivity index (χ0) is 7.78. The fraction of sp³-hybridized carbons (Fsp3) is 0.0909. The first-order valence-corrected chi connectivity index (χ1v) is 3.82. The zero-order valence-electron chi connectivity index (χ0n) is 6.83. The van der Waals surface area contributed by atoms with Crippen LogP contribution < -0.4 is 0 Å². The summed E-state index contributed by atoms with van der Waals surface area (Å²) >= 11 is 0. The first-order chi connectivity index (χ1) is 5.50. The number of hydrogen-bond donors (Lipinski definition) is 0. The van der Waals surface area contributed by atoms with Crippen LogP contribution in [0.3, 0.4) is 0 Å². The topological polar surface area (TPSA) is 0 Å². The molecule has 0 N–H and O–H groups in total. The summed E-state index contributed by atoms with van der Waals surface area (Å²) in [6.45, 7) is 0. The summed E-state index contributed by atoms with van der Waals surface area (Å²) in [5, 5.41) is 0. The molecule has 0 amide bonds. The predicted molar refractivity (Wildman–Crippen MR) is 49.2 cm³/mol. The molecule has 0 saturated carbocycles. The van der Waals surface area contributed by atoms with Gasteiger partial charge in [-0.05, 0) is 0 Å². The van der Waals surface area contributed by atoms with Crippen LogP contribution in [0.2, 0.25) is 0 Å². The van der Waals surface area contributed by atoms with E-state index in [1.165, 1.54) is 0 Å². The molecule has 0 radical (unpaired) electrons. The molecule has 0 nitrogen and oxygen atoms in total. The van der Waals surface area contributed by atoms with Crippen LogP contribution >= 0.6 is 0 Å². The van der Waals surface area contributed by atoms with Crippen LogP contribution in [0.15, 0.2) is 54.6 Å². The van der Waals surface area contributed by atoms with Crippen molar-refractivity contribution < 1.29 is 17.1 Å². The van der Waals surface area contributed by atoms with Crippen LogP contribution in [0.4, 0.5) is 0 Å². The molecule has 0 unspecified atom stereocenters. The van der Waals surface area contributed by atoms with E-state index in [9.17, 15) is 0 Å². The van der Waals surface area contributed by atoms with Crippen molar-refractivity contribution in [3.63, 3.8) is 0 Å². The summed E-state index contributed by atoms with van der Waals surface area (Å²) in [5.74, 6) is 0. The van der Waals surface area contributed by atoms with Crippen molar-refractivity contribution in [1.29, 1.82) is 0 Å². The molecule has 0 bridgehead atoms. The van der Waals surface area contributed by atoms with Crippen LogP contribution in [0.25, 0.3) is 0 Å². The SMILES string of the molecule is C1=C[CH-]CC=C1.[Fe+2].c1cc[cH-]c1. The maximum Gasteiger partial charge on any atom is 2.00 e. The molecule has 64 valence electrons. The van der Waals surface area contributed by atoms with Gasteiger partial charge < -0.3 is 0 Å². The molecule has 0 spiro atoms. The van der Waals surface area contributed by atoms with Crippen molar-refractivity contribution in [2.75, 3.05) is 0 Å². The smallest absolute Gasteiger partial charge is 0.228 e. The average Bonchev–Trinajstić information content (AvgIpc) is 2.64. The molecule has 0 saturated heterocycles. The third-order valence-electron chi connectivity index (χ3n) is 1.32.